The maximum Gasteiger partial charge on any atom is 0.326 e. The second kappa shape index (κ2) is 5.12. The van der Waals surface area contributed by atoms with Crippen LogP contribution in [-0.2, 0) is 4.79 Å². The minimum atomic E-state index is -1.71. The minimum absolute atomic E-state index is 0.173. The van der Waals surface area contributed by atoms with Gasteiger partial charge in [0.1, 0.15) is 6.04 Å². The van der Waals surface area contributed by atoms with E-state index in [0.717, 1.165) is 4.90 Å². The molecule has 0 spiro atoms. The highest BCUT2D eigenvalue weighted by molar-refractivity contribution is 5.97. The van der Waals surface area contributed by atoms with Crippen LogP contribution in [-0.4, -0.2) is 45.7 Å². The van der Waals surface area contributed by atoms with Gasteiger partial charge >= 0.3 is 5.97 Å². The summed E-state index contributed by atoms with van der Waals surface area (Å²) in [5, 5.41) is 18.3. The van der Waals surface area contributed by atoms with E-state index in [1.54, 1.807) is 0 Å². The summed E-state index contributed by atoms with van der Waals surface area (Å²) in [5.41, 5.74) is -0.512. The maximum absolute atomic E-state index is 13.1. The van der Waals surface area contributed by atoms with E-state index in [-0.39, 0.29) is 13.0 Å². The molecule has 108 valence electrons. The van der Waals surface area contributed by atoms with Crippen molar-refractivity contribution in [3.8, 4) is 0 Å². The molecule has 1 fully saturated rings. The summed E-state index contributed by atoms with van der Waals surface area (Å²) >= 11 is 0. The standard InChI is InChI=1S/C12H10F3NO4/c13-7-1-5(2-8(14)10(7)15)11(18)16-4-6(17)3-9(16)12(19)20/h1-2,6,9,17H,3-4H2,(H,19,20)/t6-,9-/m0/s1. The van der Waals surface area contributed by atoms with Crippen molar-refractivity contribution in [3.05, 3.63) is 35.1 Å². The third-order valence-electron chi connectivity index (χ3n) is 3.06. The molecule has 0 saturated carbocycles. The molecule has 1 amide bonds. The van der Waals surface area contributed by atoms with Gasteiger partial charge in [-0.3, -0.25) is 4.79 Å². The Morgan fingerprint density at radius 2 is 1.75 bits per heavy atom. The summed E-state index contributed by atoms with van der Waals surface area (Å²) in [6.45, 7) is -0.267. The van der Waals surface area contributed by atoms with Gasteiger partial charge in [0.15, 0.2) is 17.5 Å². The molecule has 0 unspecified atom stereocenters. The molecule has 5 nitrogen and oxygen atoms in total. The number of β-amino-alcohol motifs (C(OH)–C–C–N with tert-alkyl or cyclic N) is 1. The highest BCUT2D eigenvalue weighted by atomic mass is 19.2. The number of halogens is 3. The molecule has 0 bridgehead atoms. The van der Waals surface area contributed by atoms with Gasteiger partial charge in [-0.25, -0.2) is 18.0 Å². The maximum atomic E-state index is 13.1. The molecule has 1 aliphatic heterocycles. The SMILES string of the molecule is O=C(O)[C@@H]1C[C@H](O)CN1C(=O)c1cc(F)c(F)c(F)c1. The van der Waals surface area contributed by atoms with E-state index in [4.69, 9.17) is 5.11 Å². The van der Waals surface area contributed by atoms with Crippen molar-refractivity contribution in [1.29, 1.82) is 0 Å². The Hall–Kier alpha value is -2.09. The van der Waals surface area contributed by atoms with E-state index in [1.807, 2.05) is 0 Å². The summed E-state index contributed by atoms with van der Waals surface area (Å²) < 4.78 is 38.9. The molecule has 20 heavy (non-hydrogen) atoms. The highest BCUT2D eigenvalue weighted by Gasteiger charge is 2.39. The number of aliphatic carboxylic acids is 1. The Balaban J connectivity index is 2.33. The molecular formula is C12H10F3NO4. The lowest BCUT2D eigenvalue weighted by molar-refractivity contribution is -0.141. The number of hydrogen-bond acceptors (Lipinski definition) is 3. The van der Waals surface area contributed by atoms with Crippen molar-refractivity contribution in [3.63, 3.8) is 0 Å². The number of aliphatic hydroxyl groups excluding tert-OH is 1. The average Bonchev–Trinajstić information content (AvgIpc) is 2.76. The molecule has 1 aliphatic rings. The molecule has 0 aliphatic carbocycles. The number of rotatable bonds is 2. The number of carboxylic acids is 1. The topological polar surface area (TPSA) is 77.8 Å². The fraction of sp³-hybridized carbons (Fsp3) is 0.333. The number of nitrogens with zero attached hydrogens (tertiary/aromatic N) is 1. The molecule has 1 saturated heterocycles. The number of carbonyl (C=O) groups excluding carboxylic acids is 1. The molecule has 8 heteroatoms. The Kier molecular flexibility index (Phi) is 3.67. The van der Waals surface area contributed by atoms with Crippen LogP contribution < -0.4 is 0 Å². The molecule has 0 aromatic heterocycles. The highest BCUT2D eigenvalue weighted by Crippen LogP contribution is 2.22. The van der Waals surface area contributed by atoms with Gasteiger partial charge in [-0.05, 0) is 12.1 Å². The van der Waals surface area contributed by atoms with Gasteiger partial charge in [-0.1, -0.05) is 0 Å². The third kappa shape index (κ3) is 2.46. The fourth-order valence-corrected chi connectivity index (χ4v) is 2.12. The summed E-state index contributed by atoms with van der Waals surface area (Å²) in [5.74, 6) is -7.11. The van der Waals surface area contributed by atoms with E-state index < -0.39 is 47.0 Å². The molecule has 2 rings (SSSR count). The first kappa shape index (κ1) is 14.3. The van der Waals surface area contributed by atoms with Crippen molar-refractivity contribution in [2.75, 3.05) is 6.54 Å². The van der Waals surface area contributed by atoms with Crippen molar-refractivity contribution in [1.82, 2.24) is 4.90 Å². The predicted octanol–water partition coefficient (Wildman–Crippen LogP) is 0.764. The Labute approximate surface area is 111 Å². The van der Waals surface area contributed by atoms with Gasteiger partial charge in [0.05, 0.1) is 6.10 Å². The second-order valence-corrected chi connectivity index (χ2v) is 4.45. The summed E-state index contributed by atoms with van der Waals surface area (Å²) in [6.07, 6.45) is -1.21. The Morgan fingerprint density at radius 3 is 2.25 bits per heavy atom. The van der Waals surface area contributed by atoms with E-state index in [0.29, 0.717) is 12.1 Å². The van der Waals surface area contributed by atoms with E-state index in [2.05, 4.69) is 0 Å². The van der Waals surface area contributed by atoms with E-state index in [1.165, 1.54) is 0 Å². The summed E-state index contributed by atoms with van der Waals surface area (Å²) in [7, 11) is 0. The van der Waals surface area contributed by atoms with Crippen molar-refractivity contribution in [2.24, 2.45) is 0 Å². The number of benzene rings is 1. The monoisotopic (exact) mass is 289 g/mol. The van der Waals surface area contributed by atoms with Crippen molar-refractivity contribution >= 4 is 11.9 Å². The molecule has 2 atom stereocenters. The van der Waals surface area contributed by atoms with Crippen LogP contribution in [0, 0.1) is 17.5 Å². The van der Waals surface area contributed by atoms with Gasteiger partial charge in [0.2, 0.25) is 0 Å². The zero-order valence-corrected chi connectivity index (χ0v) is 10.0. The van der Waals surface area contributed by atoms with E-state index in [9.17, 15) is 27.9 Å². The number of aliphatic hydroxyl groups is 1. The fourth-order valence-electron chi connectivity index (χ4n) is 2.12. The van der Waals surface area contributed by atoms with Crippen LogP contribution in [0.2, 0.25) is 0 Å². The number of likely N-dealkylation sites (tertiary alicyclic amines) is 1. The first-order valence-electron chi connectivity index (χ1n) is 5.67. The van der Waals surface area contributed by atoms with Gasteiger partial charge in [0.25, 0.3) is 5.91 Å². The van der Waals surface area contributed by atoms with Crippen LogP contribution in [0.15, 0.2) is 12.1 Å². The molecule has 1 heterocycles. The number of carboxylic acid groups (broad SMARTS) is 1. The lowest BCUT2D eigenvalue weighted by Crippen LogP contribution is -2.40. The van der Waals surface area contributed by atoms with Gasteiger partial charge < -0.3 is 15.1 Å². The number of hydrogen-bond donors (Lipinski definition) is 2. The van der Waals surface area contributed by atoms with Gasteiger partial charge in [-0.15, -0.1) is 0 Å². The largest absolute Gasteiger partial charge is 0.480 e. The molecule has 2 N–H and O–H groups in total. The van der Waals surface area contributed by atoms with Gasteiger partial charge in [-0.2, -0.15) is 0 Å². The van der Waals surface area contributed by atoms with E-state index >= 15 is 0 Å². The lowest BCUT2D eigenvalue weighted by Gasteiger charge is -2.21. The number of amides is 1. The zero-order valence-electron chi connectivity index (χ0n) is 10.0. The Morgan fingerprint density at radius 1 is 1.20 bits per heavy atom. The van der Waals surface area contributed by atoms with Crippen molar-refractivity contribution < 1.29 is 33.0 Å². The van der Waals surface area contributed by atoms with Crippen LogP contribution in [0.25, 0.3) is 0 Å². The quantitative estimate of drug-likeness (QED) is 0.788. The first-order valence-corrected chi connectivity index (χ1v) is 5.67. The lowest BCUT2D eigenvalue weighted by atomic mass is 10.1. The summed E-state index contributed by atoms with van der Waals surface area (Å²) in [4.78, 5) is 23.8. The third-order valence-corrected chi connectivity index (χ3v) is 3.06. The summed E-state index contributed by atoms with van der Waals surface area (Å²) in [6, 6.07) is -0.303. The second-order valence-electron chi connectivity index (χ2n) is 4.45. The molecular weight excluding hydrogens is 279 g/mol. The number of carbonyl (C=O) groups is 2. The molecule has 1 aromatic carbocycles. The molecule has 1 aromatic rings. The minimum Gasteiger partial charge on any atom is -0.480 e. The predicted molar refractivity (Wildman–Crippen MR) is 59.4 cm³/mol. The smallest absolute Gasteiger partial charge is 0.326 e. The van der Waals surface area contributed by atoms with Crippen molar-refractivity contribution in [2.45, 2.75) is 18.6 Å². The van der Waals surface area contributed by atoms with Crippen LogP contribution in [0.3, 0.4) is 0 Å². The van der Waals surface area contributed by atoms with Gasteiger partial charge in [0, 0.05) is 18.5 Å². The zero-order chi connectivity index (χ0) is 15.0. The average molecular weight is 289 g/mol. The van der Waals surface area contributed by atoms with Crippen LogP contribution in [0.4, 0.5) is 13.2 Å². The van der Waals surface area contributed by atoms with Crippen LogP contribution in [0.1, 0.15) is 16.8 Å². The van der Waals surface area contributed by atoms with Crippen LogP contribution in [0.5, 0.6) is 0 Å². The molecule has 0 radical (unpaired) electrons. The Bertz CT molecular complexity index is 555. The normalized spacial score (nSPS) is 22.1. The van der Waals surface area contributed by atoms with Crippen LogP contribution >= 0.6 is 0 Å². The first-order chi connectivity index (χ1) is 9.31.